The van der Waals surface area contributed by atoms with Crippen LogP contribution in [0.15, 0.2) is 71.9 Å². The molecule has 1 heterocycles. The smallest absolute Gasteiger partial charge is 0.409 e. The number of ether oxygens (including phenoxy) is 1. The summed E-state index contributed by atoms with van der Waals surface area (Å²) in [5.74, 6) is 0.336. The van der Waals surface area contributed by atoms with Crippen LogP contribution in [-0.2, 0) is 0 Å². The van der Waals surface area contributed by atoms with Crippen molar-refractivity contribution in [3.8, 4) is 17.0 Å². The van der Waals surface area contributed by atoms with Crippen molar-refractivity contribution in [2.45, 2.75) is 0 Å². The van der Waals surface area contributed by atoms with Crippen LogP contribution in [0, 0.1) is 0 Å². The van der Waals surface area contributed by atoms with E-state index in [-0.39, 0.29) is 0 Å². The van der Waals surface area contributed by atoms with Gasteiger partial charge in [-0.05, 0) is 24.3 Å². The van der Waals surface area contributed by atoms with Crippen molar-refractivity contribution in [1.82, 2.24) is 10.2 Å². The molecule has 0 spiro atoms. The van der Waals surface area contributed by atoms with Crippen molar-refractivity contribution < 1.29 is 9.53 Å². The maximum atomic E-state index is 12.0. The fourth-order valence-corrected chi connectivity index (χ4v) is 2.19. The lowest BCUT2D eigenvalue weighted by atomic mass is 10.1. The predicted octanol–water partition coefficient (Wildman–Crippen LogP) is 3.83. The number of hydrogen-bond donors (Lipinski definition) is 1. The number of carbonyl (C=O) groups excluding carboxylic acids is 1. The number of aromatic amines is 1. The highest BCUT2D eigenvalue weighted by atomic mass is 35.5. The van der Waals surface area contributed by atoms with E-state index in [9.17, 15) is 4.79 Å². The first kappa shape index (κ1) is 15.0. The molecule has 114 valence electrons. The third-order valence-corrected chi connectivity index (χ3v) is 3.23. The lowest BCUT2D eigenvalue weighted by molar-refractivity contribution is 0.210. The Kier molecular flexibility index (Phi) is 4.49. The van der Waals surface area contributed by atoms with Gasteiger partial charge in [-0.15, -0.1) is 0 Å². The minimum atomic E-state index is -0.738. The molecular weight excluding hydrogens is 314 g/mol. The van der Waals surface area contributed by atoms with E-state index >= 15 is 0 Å². The zero-order valence-corrected chi connectivity index (χ0v) is 12.7. The summed E-state index contributed by atoms with van der Waals surface area (Å²) >= 11 is 5.86. The van der Waals surface area contributed by atoms with Gasteiger partial charge in [0.05, 0.1) is 0 Å². The molecule has 1 amide bonds. The van der Waals surface area contributed by atoms with E-state index in [0.717, 1.165) is 5.56 Å². The zero-order valence-electron chi connectivity index (χ0n) is 11.9. The van der Waals surface area contributed by atoms with Crippen LogP contribution in [0.2, 0.25) is 5.02 Å². The molecule has 6 heteroatoms. The lowest BCUT2D eigenvalue weighted by Crippen LogP contribution is -2.14. The van der Waals surface area contributed by atoms with Crippen LogP contribution >= 0.6 is 11.6 Å². The first-order valence-corrected chi connectivity index (χ1v) is 7.22. The van der Waals surface area contributed by atoms with Gasteiger partial charge in [-0.2, -0.15) is 10.1 Å². The van der Waals surface area contributed by atoms with E-state index in [1.54, 1.807) is 36.5 Å². The molecule has 1 N–H and O–H groups in total. The second kappa shape index (κ2) is 6.89. The molecule has 1 aromatic heterocycles. The maximum Gasteiger partial charge on any atom is 0.439 e. The van der Waals surface area contributed by atoms with Gasteiger partial charge in [0, 0.05) is 16.8 Å². The summed E-state index contributed by atoms with van der Waals surface area (Å²) in [6.07, 6.45) is 0.857. The predicted molar refractivity (Wildman–Crippen MR) is 87.1 cm³/mol. The number of carbonyl (C=O) groups is 1. The molecule has 0 bridgehead atoms. The van der Waals surface area contributed by atoms with E-state index in [0.29, 0.717) is 21.8 Å². The number of amides is 1. The third kappa shape index (κ3) is 3.84. The van der Waals surface area contributed by atoms with Crippen molar-refractivity contribution in [2.24, 2.45) is 4.99 Å². The van der Waals surface area contributed by atoms with Crippen LogP contribution in [-0.4, -0.2) is 16.3 Å². The summed E-state index contributed by atoms with van der Waals surface area (Å²) in [4.78, 5) is 16.0. The van der Waals surface area contributed by atoms with Gasteiger partial charge in [-0.25, -0.2) is 4.79 Å². The number of halogens is 1. The fourth-order valence-electron chi connectivity index (χ4n) is 2.01. The van der Waals surface area contributed by atoms with Gasteiger partial charge in [0.15, 0.2) is 0 Å². The Morgan fingerprint density at radius 1 is 1.09 bits per heavy atom. The van der Waals surface area contributed by atoms with E-state index in [2.05, 4.69) is 15.2 Å². The summed E-state index contributed by atoms with van der Waals surface area (Å²) in [5.41, 5.74) is 1.41. The average Bonchev–Trinajstić information content (AvgIpc) is 2.56. The molecular formula is C17H12ClN3O2. The molecule has 3 rings (SSSR count). The first-order valence-electron chi connectivity index (χ1n) is 6.84. The maximum absolute atomic E-state index is 12.0. The van der Waals surface area contributed by atoms with Crippen molar-refractivity contribution in [1.29, 1.82) is 0 Å². The molecule has 3 aromatic rings. The first-order chi connectivity index (χ1) is 11.2. The Morgan fingerprint density at radius 2 is 1.91 bits per heavy atom. The number of benzene rings is 2. The van der Waals surface area contributed by atoms with Crippen LogP contribution < -0.4 is 10.1 Å². The minimum absolute atomic E-state index is 0.336. The molecule has 0 fully saturated rings. The summed E-state index contributed by atoms with van der Waals surface area (Å²) in [5, 5.41) is 7.83. The number of aromatic nitrogens is 2. The molecule has 0 atom stereocenters. The molecule has 0 unspecified atom stereocenters. The summed E-state index contributed by atoms with van der Waals surface area (Å²) in [6.45, 7) is 0. The summed E-state index contributed by atoms with van der Waals surface area (Å²) in [7, 11) is 0. The molecule has 2 aromatic carbocycles. The quantitative estimate of drug-likeness (QED) is 0.778. The van der Waals surface area contributed by atoms with Gasteiger partial charge < -0.3 is 4.74 Å². The van der Waals surface area contributed by atoms with E-state index in [1.165, 1.54) is 0 Å². The second-order valence-electron chi connectivity index (χ2n) is 4.61. The van der Waals surface area contributed by atoms with Gasteiger partial charge in [-0.3, -0.25) is 5.10 Å². The van der Waals surface area contributed by atoms with Crippen molar-refractivity contribution in [2.75, 3.05) is 0 Å². The summed E-state index contributed by atoms with van der Waals surface area (Å²) in [6, 6.07) is 17.7. The summed E-state index contributed by atoms with van der Waals surface area (Å²) < 4.78 is 5.16. The van der Waals surface area contributed by atoms with Crippen LogP contribution in [0.4, 0.5) is 4.79 Å². The number of nitrogens with zero attached hydrogens (tertiary/aromatic N) is 2. The topological polar surface area (TPSA) is 67.3 Å². The Balaban J connectivity index is 1.92. The molecule has 5 nitrogen and oxygen atoms in total. The monoisotopic (exact) mass is 325 g/mol. The SMILES string of the molecule is O=C(N=c1cc[nH]nc1-c1ccccc1)Oc1cccc(Cl)c1. The van der Waals surface area contributed by atoms with E-state index in [1.807, 2.05) is 30.3 Å². The van der Waals surface area contributed by atoms with E-state index < -0.39 is 6.09 Å². The van der Waals surface area contributed by atoms with Gasteiger partial charge in [-0.1, -0.05) is 48.0 Å². The number of hydrogen-bond acceptors (Lipinski definition) is 3. The standard InChI is InChI=1S/C17H12ClN3O2/c18-13-7-4-8-14(11-13)23-17(22)20-15-9-10-19-21-16(15)12-5-2-1-3-6-12/h1-11H,(H,19,20,22). The fraction of sp³-hybridized carbons (Fsp3) is 0. The molecule has 23 heavy (non-hydrogen) atoms. The highest BCUT2D eigenvalue weighted by molar-refractivity contribution is 6.30. The van der Waals surface area contributed by atoms with Crippen LogP contribution in [0.1, 0.15) is 0 Å². The van der Waals surface area contributed by atoms with E-state index in [4.69, 9.17) is 16.3 Å². The Hall–Kier alpha value is -2.92. The van der Waals surface area contributed by atoms with Crippen molar-refractivity contribution in [3.63, 3.8) is 0 Å². The number of H-pyrrole nitrogens is 1. The molecule has 0 saturated heterocycles. The van der Waals surface area contributed by atoms with Crippen molar-refractivity contribution in [3.05, 3.63) is 77.2 Å². The number of nitrogens with one attached hydrogen (secondary N) is 1. The second-order valence-corrected chi connectivity index (χ2v) is 5.05. The molecule has 0 saturated carbocycles. The molecule has 0 radical (unpaired) electrons. The average molecular weight is 326 g/mol. The minimum Gasteiger partial charge on any atom is -0.409 e. The normalized spacial score (nSPS) is 11.3. The lowest BCUT2D eigenvalue weighted by Gasteiger charge is -2.02. The van der Waals surface area contributed by atoms with Crippen LogP contribution in [0.3, 0.4) is 0 Å². The Bertz CT molecular complexity index is 891. The van der Waals surface area contributed by atoms with Gasteiger partial charge in [0.25, 0.3) is 0 Å². The number of rotatable bonds is 2. The molecule has 0 aliphatic carbocycles. The van der Waals surface area contributed by atoms with Gasteiger partial charge in [0.2, 0.25) is 0 Å². The Morgan fingerprint density at radius 3 is 2.70 bits per heavy atom. The van der Waals surface area contributed by atoms with Crippen molar-refractivity contribution >= 4 is 17.7 Å². The highest BCUT2D eigenvalue weighted by Gasteiger charge is 2.06. The van der Waals surface area contributed by atoms with Crippen LogP contribution in [0.25, 0.3) is 11.3 Å². The molecule has 0 aliphatic rings. The largest absolute Gasteiger partial charge is 0.439 e. The van der Waals surface area contributed by atoms with Gasteiger partial charge in [0.1, 0.15) is 16.8 Å². The molecule has 0 aliphatic heterocycles. The highest BCUT2D eigenvalue weighted by Crippen LogP contribution is 2.17. The van der Waals surface area contributed by atoms with Crippen LogP contribution in [0.5, 0.6) is 5.75 Å². The Labute approximate surface area is 137 Å². The van der Waals surface area contributed by atoms with Gasteiger partial charge >= 0.3 is 6.09 Å². The third-order valence-electron chi connectivity index (χ3n) is 2.99. The zero-order chi connectivity index (χ0) is 16.1.